The Hall–Kier alpha value is -4.28. The molecule has 0 saturated heterocycles. The van der Waals surface area contributed by atoms with E-state index in [4.69, 9.17) is 37.0 Å². The molecule has 600 valence electrons. The van der Waals surface area contributed by atoms with Crippen LogP contribution in [0.25, 0.3) is 0 Å². The van der Waals surface area contributed by atoms with Gasteiger partial charge in [-0.1, -0.05) is 304 Å². The first-order chi connectivity index (χ1) is 50.7. The number of hydrogen-bond donors (Lipinski definition) is 3. The fourth-order valence-electron chi connectivity index (χ4n) is 11.0. The highest BCUT2D eigenvalue weighted by molar-refractivity contribution is 7.47. The predicted molar refractivity (Wildman–Crippen MR) is 427 cm³/mol. The van der Waals surface area contributed by atoms with Gasteiger partial charge < -0.3 is 33.8 Å². The van der Waals surface area contributed by atoms with Gasteiger partial charge in [0.05, 0.1) is 26.4 Å². The zero-order chi connectivity index (χ0) is 76.0. The van der Waals surface area contributed by atoms with Crippen molar-refractivity contribution in [3.8, 4) is 0 Å². The molecule has 17 nitrogen and oxygen atoms in total. The van der Waals surface area contributed by atoms with Crippen LogP contribution in [0.5, 0.6) is 0 Å². The average molecular weight is 1500 g/mol. The molecule has 0 heterocycles. The van der Waals surface area contributed by atoms with Gasteiger partial charge in [0.2, 0.25) is 0 Å². The van der Waals surface area contributed by atoms with Gasteiger partial charge in [-0.05, 0) is 128 Å². The van der Waals surface area contributed by atoms with Crippen LogP contribution in [0.1, 0.15) is 349 Å². The Morgan fingerprint density at radius 1 is 0.279 bits per heavy atom. The van der Waals surface area contributed by atoms with Crippen molar-refractivity contribution in [2.45, 2.75) is 367 Å². The van der Waals surface area contributed by atoms with Gasteiger partial charge in [0.25, 0.3) is 0 Å². The number of unbranched alkanes of at least 4 members (excludes halogenated alkanes) is 33. The molecule has 0 rings (SSSR count). The highest BCUT2D eigenvalue weighted by Gasteiger charge is 2.30. The summed E-state index contributed by atoms with van der Waals surface area (Å²) in [6, 6.07) is 0. The second kappa shape index (κ2) is 76.9. The smallest absolute Gasteiger partial charge is 0.462 e. The number of hydrogen-bond acceptors (Lipinski definition) is 15. The molecular weight excluding hydrogens is 1350 g/mol. The molecule has 104 heavy (non-hydrogen) atoms. The van der Waals surface area contributed by atoms with Crippen LogP contribution in [0.3, 0.4) is 0 Å². The number of phosphoric acid groups is 2. The van der Waals surface area contributed by atoms with Crippen molar-refractivity contribution in [3.63, 3.8) is 0 Å². The third kappa shape index (κ3) is 75.9. The maximum absolute atomic E-state index is 13.1. The van der Waals surface area contributed by atoms with Gasteiger partial charge in [-0.3, -0.25) is 37.3 Å². The van der Waals surface area contributed by atoms with Crippen molar-refractivity contribution < 1.29 is 80.2 Å². The number of carbonyl (C=O) groups excluding carboxylic acids is 4. The van der Waals surface area contributed by atoms with E-state index in [1.165, 1.54) is 70.6 Å². The summed E-state index contributed by atoms with van der Waals surface area (Å²) >= 11 is 0. The molecule has 19 heteroatoms. The van der Waals surface area contributed by atoms with Crippen LogP contribution >= 0.6 is 15.6 Å². The van der Waals surface area contributed by atoms with Crippen molar-refractivity contribution >= 4 is 39.5 Å². The molecule has 0 aliphatic heterocycles. The quantitative estimate of drug-likeness (QED) is 0.0169. The fourth-order valence-corrected chi connectivity index (χ4v) is 12.6. The molecule has 0 aromatic carbocycles. The molecule has 0 aliphatic rings. The van der Waals surface area contributed by atoms with E-state index >= 15 is 0 Å². The maximum atomic E-state index is 13.1. The first-order valence-corrected chi connectivity index (χ1v) is 44.1. The van der Waals surface area contributed by atoms with Crippen LogP contribution in [0.15, 0.2) is 109 Å². The molecule has 0 radical (unpaired) electrons. The SMILES string of the molecule is CC/C=C\C/C=C\C/C=C\C/C=C\CCCCCCCCC(=O)OCC(COP(=O)(O)OCC(O)COP(=O)(O)OCC(COC(=O)CCCCCCC/C=C\C/C=C\CCCCC)OC(=O)CCCCCCCCCCCCCCC)OC(=O)CCCCCCCCC/C=C\C/C=C\C/C=C\CC. The van der Waals surface area contributed by atoms with Crippen LogP contribution in [0, 0.1) is 0 Å². The number of aliphatic hydroxyl groups excluding tert-OH is 1. The van der Waals surface area contributed by atoms with E-state index in [2.05, 4.69) is 137 Å². The van der Waals surface area contributed by atoms with E-state index < -0.39 is 97.5 Å². The number of esters is 4. The zero-order valence-electron chi connectivity index (χ0n) is 65.7. The Labute approximate surface area is 632 Å². The summed E-state index contributed by atoms with van der Waals surface area (Å²) in [5.74, 6) is -2.20. The summed E-state index contributed by atoms with van der Waals surface area (Å²) < 4.78 is 68.7. The molecule has 0 spiro atoms. The summed E-state index contributed by atoms with van der Waals surface area (Å²) in [5.41, 5.74) is 0. The van der Waals surface area contributed by atoms with Gasteiger partial charge in [-0.25, -0.2) is 9.13 Å². The van der Waals surface area contributed by atoms with E-state index in [9.17, 15) is 43.2 Å². The summed E-state index contributed by atoms with van der Waals surface area (Å²) in [6.45, 7) is 4.63. The molecule has 3 N–H and O–H groups in total. The zero-order valence-corrected chi connectivity index (χ0v) is 67.5. The molecule has 0 bridgehead atoms. The highest BCUT2D eigenvalue weighted by atomic mass is 31.2. The number of ether oxygens (including phenoxy) is 4. The molecule has 0 saturated carbocycles. The number of phosphoric ester groups is 2. The third-order valence-corrected chi connectivity index (χ3v) is 19.1. The highest BCUT2D eigenvalue weighted by Crippen LogP contribution is 2.45. The maximum Gasteiger partial charge on any atom is 0.472 e. The summed E-state index contributed by atoms with van der Waals surface area (Å²) in [6.07, 6.45) is 83.4. The van der Waals surface area contributed by atoms with Gasteiger partial charge in [-0.2, -0.15) is 0 Å². The van der Waals surface area contributed by atoms with Crippen molar-refractivity contribution in [1.82, 2.24) is 0 Å². The molecule has 0 aromatic heterocycles. The minimum Gasteiger partial charge on any atom is -0.462 e. The van der Waals surface area contributed by atoms with E-state index in [1.54, 1.807) is 0 Å². The second-order valence-corrected chi connectivity index (χ2v) is 30.2. The normalized spacial score (nSPS) is 14.4. The van der Waals surface area contributed by atoms with Gasteiger partial charge in [0, 0.05) is 25.7 Å². The topological polar surface area (TPSA) is 237 Å². The second-order valence-electron chi connectivity index (χ2n) is 27.3. The number of aliphatic hydroxyl groups is 1. The Morgan fingerprint density at radius 2 is 0.500 bits per heavy atom. The van der Waals surface area contributed by atoms with Gasteiger partial charge in [0.1, 0.15) is 19.3 Å². The van der Waals surface area contributed by atoms with Gasteiger partial charge in [0.15, 0.2) is 12.2 Å². The Kier molecular flexibility index (Phi) is 73.7. The molecule has 5 unspecified atom stereocenters. The Morgan fingerprint density at radius 3 is 0.788 bits per heavy atom. The Balaban J connectivity index is 5.37. The standard InChI is InChI=1S/C85H148O17P2/c1-5-9-13-17-21-25-29-33-36-38-39-41-43-47-50-54-58-62-66-70-83(88)96-76-81(102-85(90)72-68-64-60-56-52-48-44-40-37-34-30-26-22-18-14-10-6-2)78-100-104(93,94)98-74-79(86)73-97-103(91,92)99-77-80(101-84(89)71-67-63-59-55-51-45-32-28-24-20-16-12-8-4)75-95-82(87)69-65-61-57-53-49-46-42-35-31-27-23-19-15-11-7-3/h9-10,13-14,21-23,25-27,33-37,39,41-42,79-81,86H,5-8,11-12,15-20,24,28-32,38,40,43-78H2,1-4H3,(H,91,92)(H,93,94)/b13-9-,14-10-,25-21-,26-22-,27-23-,36-33-,37-34-,41-39-,42-35-. The van der Waals surface area contributed by atoms with Crippen molar-refractivity contribution in [2.24, 2.45) is 0 Å². The molecule has 0 aromatic rings. The number of carbonyl (C=O) groups is 4. The van der Waals surface area contributed by atoms with Crippen molar-refractivity contribution in [2.75, 3.05) is 39.6 Å². The predicted octanol–water partition coefficient (Wildman–Crippen LogP) is 24.1. The summed E-state index contributed by atoms with van der Waals surface area (Å²) in [4.78, 5) is 73.1. The first-order valence-electron chi connectivity index (χ1n) is 41.1. The van der Waals surface area contributed by atoms with Gasteiger partial charge >= 0.3 is 39.5 Å². The lowest BCUT2D eigenvalue weighted by Gasteiger charge is -2.21. The summed E-state index contributed by atoms with van der Waals surface area (Å²) in [5, 5.41) is 10.7. The van der Waals surface area contributed by atoms with Crippen molar-refractivity contribution in [3.05, 3.63) is 109 Å². The van der Waals surface area contributed by atoms with Crippen LogP contribution in [-0.2, 0) is 65.4 Å². The first kappa shape index (κ1) is 99.7. The van der Waals surface area contributed by atoms with E-state index in [1.807, 2.05) is 0 Å². The third-order valence-electron chi connectivity index (χ3n) is 17.2. The molecule has 0 fully saturated rings. The molecule has 0 aliphatic carbocycles. The number of allylic oxidation sites excluding steroid dienone is 18. The Bertz CT molecular complexity index is 2390. The molecule has 5 atom stereocenters. The van der Waals surface area contributed by atoms with Crippen LogP contribution in [-0.4, -0.2) is 96.7 Å². The van der Waals surface area contributed by atoms with E-state index in [0.717, 1.165) is 199 Å². The monoisotopic (exact) mass is 1500 g/mol. The number of rotatable bonds is 77. The van der Waals surface area contributed by atoms with E-state index in [-0.39, 0.29) is 25.7 Å². The lowest BCUT2D eigenvalue weighted by molar-refractivity contribution is -0.161. The van der Waals surface area contributed by atoms with Crippen molar-refractivity contribution in [1.29, 1.82) is 0 Å². The minimum absolute atomic E-state index is 0.0793. The van der Waals surface area contributed by atoms with Crippen LogP contribution in [0.2, 0.25) is 0 Å². The minimum atomic E-state index is -4.99. The fraction of sp³-hybridized carbons (Fsp3) is 0.741. The molecule has 0 amide bonds. The molecular formula is C85H148O17P2. The van der Waals surface area contributed by atoms with Crippen LogP contribution in [0.4, 0.5) is 0 Å². The van der Waals surface area contributed by atoms with E-state index in [0.29, 0.717) is 25.7 Å². The average Bonchev–Trinajstić information content (AvgIpc) is 0.911. The van der Waals surface area contributed by atoms with Gasteiger partial charge in [-0.15, -0.1) is 0 Å². The van der Waals surface area contributed by atoms with Crippen LogP contribution < -0.4 is 0 Å². The lowest BCUT2D eigenvalue weighted by Crippen LogP contribution is -2.30. The lowest BCUT2D eigenvalue weighted by atomic mass is 10.0. The largest absolute Gasteiger partial charge is 0.472 e. The summed E-state index contributed by atoms with van der Waals surface area (Å²) in [7, 11) is -9.96.